The highest BCUT2D eigenvalue weighted by Gasteiger charge is 2.16. The Hall–Kier alpha value is 0.210. The van der Waals surface area contributed by atoms with E-state index in [4.69, 9.17) is 16.3 Å². The molecular formula is C10H22ClNO. The smallest absolute Gasteiger partial charge is 0.0634 e. The summed E-state index contributed by atoms with van der Waals surface area (Å²) in [5.74, 6) is 0. The second kappa shape index (κ2) is 5.84. The van der Waals surface area contributed by atoms with Crippen LogP contribution in [0.15, 0.2) is 0 Å². The van der Waals surface area contributed by atoms with Gasteiger partial charge in [0.05, 0.1) is 5.60 Å². The molecule has 0 aliphatic heterocycles. The van der Waals surface area contributed by atoms with Crippen molar-refractivity contribution in [2.45, 2.75) is 38.2 Å². The van der Waals surface area contributed by atoms with E-state index < -0.39 is 0 Å². The fourth-order valence-corrected chi connectivity index (χ4v) is 1.32. The SMILES string of the molecule is COC(C)(C)CCN(C)CC(C)Cl. The molecule has 3 heteroatoms. The van der Waals surface area contributed by atoms with Crippen LogP contribution in [-0.2, 0) is 4.74 Å². The molecule has 1 unspecified atom stereocenters. The first kappa shape index (κ1) is 13.2. The first-order valence-electron chi connectivity index (χ1n) is 4.75. The second-order valence-corrected chi connectivity index (χ2v) is 5.00. The molecule has 0 N–H and O–H groups in total. The summed E-state index contributed by atoms with van der Waals surface area (Å²) < 4.78 is 5.33. The predicted molar refractivity (Wildman–Crippen MR) is 58.5 cm³/mol. The molecule has 0 rings (SSSR count). The summed E-state index contributed by atoms with van der Waals surface area (Å²) in [5, 5.41) is 0.218. The first-order valence-corrected chi connectivity index (χ1v) is 5.19. The molecule has 80 valence electrons. The van der Waals surface area contributed by atoms with Crippen LogP contribution in [0.5, 0.6) is 0 Å². The zero-order valence-corrected chi connectivity index (χ0v) is 10.2. The molecule has 0 heterocycles. The lowest BCUT2D eigenvalue weighted by atomic mass is 10.1. The quantitative estimate of drug-likeness (QED) is 0.621. The number of halogens is 1. The van der Waals surface area contributed by atoms with Crippen LogP contribution in [0.25, 0.3) is 0 Å². The van der Waals surface area contributed by atoms with E-state index in [1.807, 2.05) is 6.92 Å². The van der Waals surface area contributed by atoms with Crippen LogP contribution in [0.2, 0.25) is 0 Å². The van der Waals surface area contributed by atoms with Crippen molar-refractivity contribution in [2.75, 3.05) is 27.2 Å². The van der Waals surface area contributed by atoms with Crippen molar-refractivity contribution in [2.24, 2.45) is 0 Å². The molecule has 2 nitrogen and oxygen atoms in total. The molecule has 13 heavy (non-hydrogen) atoms. The average molecular weight is 208 g/mol. The van der Waals surface area contributed by atoms with Gasteiger partial charge in [0.2, 0.25) is 0 Å². The van der Waals surface area contributed by atoms with Crippen molar-refractivity contribution in [3.63, 3.8) is 0 Å². The molecular weight excluding hydrogens is 186 g/mol. The Bertz CT molecular complexity index is 137. The lowest BCUT2D eigenvalue weighted by Crippen LogP contribution is -2.32. The van der Waals surface area contributed by atoms with Gasteiger partial charge < -0.3 is 9.64 Å². The lowest BCUT2D eigenvalue weighted by molar-refractivity contribution is 0.00920. The normalized spacial score (nSPS) is 15.0. The van der Waals surface area contributed by atoms with Gasteiger partial charge in [-0.3, -0.25) is 0 Å². The van der Waals surface area contributed by atoms with Crippen LogP contribution in [0.4, 0.5) is 0 Å². The maximum atomic E-state index is 5.88. The van der Waals surface area contributed by atoms with E-state index in [1.54, 1.807) is 7.11 Å². The van der Waals surface area contributed by atoms with Crippen LogP contribution in [-0.4, -0.2) is 43.1 Å². The molecule has 0 radical (unpaired) electrons. The van der Waals surface area contributed by atoms with Crippen molar-refractivity contribution in [1.82, 2.24) is 4.90 Å². The van der Waals surface area contributed by atoms with Crippen molar-refractivity contribution in [1.29, 1.82) is 0 Å². The minimum Gasteiger partial charge on any atom is -0.379 e. The number of nitrogens with zero attached hydrogens (tertiary/aromatic N) is 1. The second-order valence-electron chi connectivity index (χ2n) is 4.26. The maximum absolute atomic E-state index is 5.88. The van der Waals surface area contributed by atoms with Gasteiger partial charge in [-0.05, 0) is 34.2 Å². The third-order valence-electron chi connectivity index (χ3n) is 2.21. The lowest BCUT2D eigenvalue weighted by Gasteiger charge is -2.26. The van der Waals surface area contributed by atoms with Gasteiger partial charge in [0.1, 0.15) is 0 Å². The van der Waals surface area contributed by atoms with Crippen LogP contribution < -0.4 is 0 Å². The van der Waals surface area contributed by atoms with Crippen LogP contribution in [0.1, 0.15) is 27.2 Å². The fraction of sp³-hybridized carbons (Fsp3) is 1.00. The van der Waals surface area contributed by atoms with Gasteiger partial charge in [0.15, 0.2) is 0 Å². The Kier molecular flexibility index (Phi) is 5.93. The molecule has 0 saturated heterocycles. The molecule has 0 fully saturated rings. The minimum absolute atomic E-state index is 0.0240. The van der Waals surface area contributed by atoms with Crippen LogP contribution in [0, 0.1) is 0 Å². The summed E-state index contributed by atoms with van der Waals surface area (Å²) in [4.78, 5) is 2.23. The highest BCUT2D eigenvalue weighted by Crippen LogP contribution is 2.13. The topological polar surface area (TPSA) is 12.5 Å². The van der Waals surface area contributed by atoms with Gasteiger partial charge >= 0.3 is 0 Å². The predicted octanol–water partition coefficient (Wildman–Crippen LogP) is 2.36. The van der Waals surface area contributed by atoms with E-state index in [-0.39, 0.29) is 11.0 Å². The fourth-order valence-electron chi connectivity index (χ4n) is 1.08. The van der Waals surface area contributed by atoms with E-state index in [2.05, 4.69) is 25.8 Å². The summed E-state index contributed by atoms with van der Waals surface area (Å²) in [6, 6.07) is 0. The van der Waals surface area contributed by atoms with Crippen molar-refractivity contribution in [3.8, 4) is 0 Å². The summed E-state index contributed by atoms with van der Waals surface area (Å²) >= 11 is 5.88. The summed E-state index contributed by atoms with van der Waals surface area (Å²) in [6.07, 6.45) is 1.03. The third-order valence-corrected chi connectivity index (χ3v) is 2.35. The molecule has 0 aromatic carbocycles. The number of ether oxygens (including phenoxy) is 1. The van der Waals surface area contributed by atoms with Gasteiger partial charge in [-0.2, -0.15) is 0 Å². The molecule has 0 amide bonds. The summed E-state index contributed by atoms with van der Waals surface area (Å²) in [6.45, 7) is 8.18. The Morgan fingerprint density at radius 1 is 1.46 bits per heavy atom. The molecule has 0 bridgehead atoms. The Morgan fingerprint density at radius 3 is 2.38 bits per heavy atom. The monoisotopic (exact) mass is 207 g/mol. The maximum Gasteiger partial charge on any atom is 0.0634 e. The zero-order chi connectivity index (χ0) is 10.5. The standard InChI is InChI=1S/C10H22ClNO/c1-9(11)8-12(4)7-6-10(2,3)13-5/h9H,6-8H2,1-5H3. The Labute approximate surface area is 87.2 Å². The summed E-state index contributed by atoms with van der Waals surface area (Å²) in [7, 11) is 3.84. The first-order chi connectivity index (χ1) is 5.87. The van der Waals surface area contributed by atoms with Crippen molar-refractivity contribution in [3.05, 3.63) is 0 Å². The van der Waals surface area contributed by atoms with E-state index in [0.29, 0.717) is 0 Å². The van der Waals surface area contributed by atoms with E-state index in [1.165, 1.54) is 0 Å². The van der Waals surface area contributed by atoms with E-state index >= 15 is 0 Å². The van der Waals surface area contributed by atoms with Crippen molar-refractivity contribution >= 4 is 11.6 Å². The number of hydrogen-bond acceptors (Lipinski definition) is 2. The van der Waals surface area contributed by atoms with Gasteiger partial charge in [-0.1, -0.05) is 0 Å². The molecule has 0 aromatic heterocycles. The van der Waals surface area contributed by atoms with E-state index in [9.17, 15) is 0 Å². The minimum atomic E-state index is -0.0240. The summed E-state index contributed by atoms with van der Waals surface area (Å²) in [5.41, 5.74) is -0.0240. The largest absolute Gasteiger partial charge is 0.379 e. The Morgan fingerprint density at radius 2 is 2.00 bits per heavy atom. The molecule has 1 atom stereocenters. The zero-order valence-electron chi connectivity index (χ0n) is 9.43. The van der Waals surface area contributed by atoms with Crippen LogP contribution >= 0.6 is 11.6 Å². The molecule has 0 aliphatic rings. The third kappa shape index (κ3) is 7.29. The van der Waals surface area contributed by atoms with Gasteiger partial charge in [-0.15, -0.1) is 11.6 Å². The number of alkyl halides is 1. The number of hydrogen-bond donors (Lipinski definition) is 0. The highest BCUT2D eigenvalue weighted by molar-refractivity contribution is 6.20. The number of methoxy groups -OCH3 is 1. The number of rotatable bonds is 6. The van der Waals surface area contributed by atoms with Crippen LogP contribution in [0.3, 0.4) is 0 Å². The van der Waals surface area contributed by atoms with Gasteiger partial charge in [0, 0.05) is 25.6 Å². The Balaban J connectivity index is 3.63. The molecule has 0 spiro atoms. The molecule has 0 saturated carbocycles. The highest BCUT2D eigenvalue weighted by atomic mass is 35.5. The van der Waals surface area contributed by atoms with Gasteiger partial charge in [0.25, 0.3) is 0 Å². The van der Waals surface area contributed by atoms with E-state index in [0.717, 1.165) is 19.5 Å². The average Bonchev–Trinajstić information content (AvgIpc) is 2.00. The molecule has 0 aliphatic carbocycles. The van der Waals surface area contributed by atoms with Gasteiger partial charge in [-0.25, -0.2) is 0 Å². The van der Waals surface area contributed by atoms with Crippen molar-refractivity contribution < 1.29 is 4.74 Å². The molecule has 0 aromatic rings.